The van der Waals surface area contributed by atoms with Crippen LogP contribution in [0.5, 0.6) is 5.75 Å². The van der Waals surface area contributed by atoms with Gasteiger partial charge in [0.1, 0.15) is 11.3 Å². The summed E-state index contributed by atoms with van der Waals surface area (Å²) in [6, 6.07) is 8.43. The Balaban J connectivity index is 1.57. The quantitative estimate of drug-likeness (QED) is 0.655. The number of hydrogen-bond donors (Lipinski definition) is 1. The molecule has 0 aromatic heterocycles. The summed E-state index contributed by atoms with van der Waals surface area (Å²) in [6.45, 7) is 2.45. The Kier molecular flexibility index (Phi) is 4.41. The van der Waals surface area contributed by atoms with E-state index >= 15 is 0 Å². The SMILES string of the molecule is COc1cc(Cl)c(C)cc1N1C(=O)[C@H]2[C@@H](C1=O)[C@]1(C(=O)Nc3c(Cl)cccc31)N1CCC[C@@H]21. The average molecular weight is 486 g/mol. The summed E-state index contributed by atoms with van der Waals surface area (Å²) in [6.07, 6.45) is 1.60. The smallest absolute Gasteiger partial charge is 0.250 e. The number of carbonyl (C=O) groups is 3. The Bertz CT molecular complexity index is 1260. The second-order valence-electron chi connectivity index (χ2n) is 9.07. The molecule has 4 aliphatic heterocycles. The number of para-hydroxylation sites is 1. The van der Waals surface area contributed by atoms with E-state index in [1.165, 1.54) is 12.0 Å². The van der Waals surface area contributed by atoms with Gasteiger partial charge in [-0.05, 0) is 44.0 Å². The van der Waals surface area contributed by atoms with Gasteiger partial charge in [0.05, 0.1) is 35.3 Å². The predicted octanol–water partition coefficient (Wildman–Crippen LogP) is 3.74. The van der Waals surface area contributed by atoms with Crippen LogP contribution in [-0.4, -0.2) is 42.3 Å². The van der Waals surface area contributed by atoms with E-state index in [1.807, 2.05) is 6.07 Å². The van der Waals surface area contributed by atoms with E-state index in [0.29, 0.717) is 39.3 Å². The van der Waals surface area contributed by atoms with E-state index in [1.54, 1.807) is 31.2 Å². The van der Waals surface area contributed by atoms with E-state index in [9.17, 15) is 14.4 Å². The molecule has 1 spiro atoms. The first kappa shape index (κ1) is 21.0. The number of imide groups is 1. The monoisotopic (exact) mass is 485 g/mol. The van der Waals surface area contributed by atoms with Crippen molar-refractivity contribution >= 4 is 52.3 Å². The lowest BCUT2D eigenvalue weighted by atomic mass is 9.75. The molecule has 2 aromatic rings. The highest BCUT2D eigenvalue weighted by molar-refractivity contribution is 6.35. The molecule has 4 aliphatic rings. The third-order valence-electron chi connectivity index (χ3n) is 7.68. The Morgan fingerprint density at radius 2 is 1.91 bits per heavy atom. The normalized spacial score (nSPS) is 30.1. The van der Waals surface area contributed by atoms with Gasteiger partial charge in [0.15, 0.2) is 0 Å². The van der Waals surface area contributed by atoms with Crippen molar-refractivity contribution in [1.29, 1.82) is 0 Å². The molecule has 170 valence electrons. The summed E-state index contributed by atoms with van der Waals surface area (Å²) in [5.74, 6) is -2.15. The van der Waals surface area contributed by atoms with Crippen LogP contribution in [0.4, 0.5) is 11.4 Å². The van der Waals surface area contributed by atoms with Crippen molar-refractivity contribution in [3.8, 4) is 5.75 Å². The minimum absolute atomic E-state index is 0.202. The van der Waals surface area contributed by atoms with Gasteiger partial charge >= 0.3 is 0 Å². The fourth-order valence-corrected chi connectivity index (χ4v) is 6.79. The Morgan fingerprint density at radius 1 is 1.12 bits per heavy atom. The van der Waals surface area contributed by atoms with Crippen molar-refractivity contribution in [2.75, 3.05) is 23.9 Å². The van der Waals surface area contributed by atoms with Crippen LogP contribution in [0.3, 0.4) is 0 Å². The molecule has 9 heteroatoms. The fourth-order valence-electron chi connectivity index (χ4n) is 6.42. The molecule has 4 atom stereocenters. The van der Waals surface area contributed by atoms with Crippen molar-refractivity contribution in [2.45, 2.75) is 31.3 Å². The molecule has 0 bridgehead atoms. The molecule has 3 fully saturated rings. The number of ether oxygens (including phenoxy) is 1. The lowest BCUT2D eigenvalue weighted by Crippen LogP contribution is -2.54. The molecule has 2 aromatic carbocycles. The molecule has 1 N–H and O–H groups in total. The van der Waals surface area contributed by atoms with Crippen LogP contribution in [0.15, 0.2) is 30.3 Å². The zero-order chi connectivity index (χ0) is 23.2. The maximum Gasteiger partial charge on any atom is 0.250 e. The summed E-state index contributed by atoms with van der Waals surface area (Å²) in [5.41, 5.74) is 1.00. The molecule has 3 saturated heterocycles. The second-order valence-corrected chi connectivity index (χ2v) is 9.89. The topological polar surface area (TPSA) is 78.9 Å². The number of nitrogens with zero attached hydrogens (tertiary/aromatic N) is 2. The summed E-state index contributed by atoms with van der Waals surface area (Å²) >= 11 is 12.7. The molecule has 0 unspecified atom stereocenters. The highest BCUT2D eigenvalue weighted by Crippen LogP contribution is 2.61. The first-order valence-corrected chi connectivity index (χ1v) is 11.7. The number of amides is 3. The zero-order valence-corrected chi connectivity index (χ0v) is 19.5. The Labute approximate surface area is 200 Å². The third-order valence-corrected chi connectivity index (χ3v) is 8.40. The van der Waals surface area contributed by atoms with Gasteiger partial charge in [-0.3, -0.25) is 19.3 Å². The highest BCUT2D eigenvalue weighted by Gasteiger charge is 2.74. The van der Waals surface area contributed by atoms with Crippen molar-refractivity contribution in [2.24, 2.45) is 11.8 Å². The van der Waals surface area contributed by atoms with E-state index in [-0.39, 0.29) is 17.9 Å². The lowest BCUT2D eigenvalue weighted by Gasteiger charge is -2.36. The van der Waals surface area contributed by atoms with Gasteiger partial charge < -0.3 is 10.1 Å². The number of nitrogens with one attached hydrogen (secondary N) is 1. The summed E-state index contributed by atoms with van der Waals surface area (Å²) < 4.78 is 5.47. The summed E-state index contributed by atoms with van der Waals surface area (Å²) in [5, 5.41) is 3.81. The number of carbonyl (C=O) groups excluding carboxylic acids is 3. The van der Waals surface area contributed by atoms with Gasteiger partial charge in [-0.15, -0.1) is 0 Å². The van der Waals surface area contributed by atoms with Crippen molar-refractivity contribution in [3.05, 3.63) is 51.5 Å². The van der Waals surface area contributed by atoms with E-state index < -0.39 is 23.3 Å². The van der Waals surface area contributed by atoms with Gasteiger partial charge in [-0.25, -0.2) is 4.90 Å². The number of halogens is 2. The van der Waals surface area contributed by atoms with Gasteiger partial charge in [0, 0.05) is 22.7 Å². The van der Waals surface area contributed by atoms with Gasteiger partial charge in [-0.2, -0.15) is 0 Å². The van der Waals surface area contributed by atoms with Crippen LogP contribution >= 0.6 is 23.2 Å². The van der Waals surface area contributed by atoms with E-state index in [0.717, 1.165) is 18.4 Å². The first-order valence-electron chi connectivity index (χ1n) is 10.9. The Hall–Kier alpha value is -2.61. The molecule has 33 heavy (non-hydrogen) atoms. The van der Waals surface area contributed by atoms with Crippen LogP contribution < -0.4 is 15.0 Å². The minimum atomic E-state index is -1.26. The van der Waals surface area contributed by atoms with E-state index in [2.05, 4.69) is 10.2 Å². The lowest BCUT2D eigenvalue weighted by molar-refractivity contribution is -0.135. The highest BCUT2D eigenvalue weighted by atomic mass is 35.5. The van der Waals surface area contributed by atoms with Crippen LogP contribution in [-0.2, 0) is 19.9 Å². The van der Waals surface area contributed by atoms with Crippen molar-refractivity contribution in [1.82, 2.24) is 4.90 Å². The molecule has 4 heterocycles. The van der Waals surface area contributed by atoms with E-state index in [4.69, 9.17) is 27.9 Å². The van der Waals surface area contributed by atoms with Crippen LogP contribution in [0, 0.1) is 18.8 Å². The maximum atomic E-state index is 14.1. The standard InChI is InChI=1S/C24H21Cl2N3O4/c1-11-9-16(17(33-2)10-14(11)26)29-21(30)18-15-7-4-8-28(15)24(19(18)22(29)31)12-5-3-6-13(25)20(12)27-23(24)32/h3,5-6,9-10,15,18-19H,4,7-8H2,1-2H3,(H,27,32)/t15-,18+,19-,24+/m0/s1. The number of methoxy groups -OCH3 is 1. The fraction of sp³-hybridized carbons (Fsp3) is 0.375. The maximum absolute atomic E-state index is 14.1. The third kappa shape index (κ3) is 2.42. The number of hydrogen-bond acceptors (Lipinski definition) is 5. The van der Waals surface area contributed by atoms with Gasteiger partial charge in [0.2, 0.25) is 11.8 Å². The number of rotatable bonds is 2. The molecule has 3 amide bonds. The Morgan fingerprint density at radius 3 is 2.67 bits per heavy atom. The van der Waals surface area contributed by atoms with Gasteiger partial charge in [-0.1, -0.05) is 35.3 Å². The molecule has 0 saturated carbocycles. The van der Waals surface area contributed by atoms with Crippen LogP contribution in [0.1, 0.15) is 24.0 Å². The van der Waals surface area contributed by atoms with Crippen molar-refractivity contribution in [3.63, 3.8) is 0 Å². The number of benzene rings is 2. The average Bonchev–Trinajstić information content (AvgIpc) is 3.49. The number of fused-ring (bicyclic) bond motifs is 7. The minimum Gasteiger partial charge on any atom is -0.495 e. The molecule has 0 radical (unpaired) electrons. The number of aryl methyl sites for hydroxylation is 1. The number of anilines is 2. The van der Waals surface area contributed by atoms with Gasteiger partial charge in [0.25, 0.3) is 5.91 Å². The molecule has 6 rings (SSSR count). The summed E-state index contributed by atoms with van der Waals surface area (Å²) in [4.78, 5) is 44.9. The molecular weight excluding hydrogens is 465 g/mol. The summed E-state index contributed by atoms with van der Waals surface area (Å²) in [7, 11) is 1.47. The second kappa shape index (κ2) is 6.95. The largest absolute Gasteiger partial charge is 0.495 e. The first-order chi connectivity index (χ1) is 15.8. The molecule has 0 aliphatic carbocycles. The van der Waals surface area contributed by atoms with Crippen molar-refractivity contribution < 1.29 is 19.1 Å². The molecular formula is C24H21Cl2N3O4. The molecule has 7 nitrogen and oxygen atoms in total. The van der Waals surface area contributed by atoms with Crippen LogP contribution in [0.2, 0.25) is 10.0 Å². The van der Waals surface area contributed by atoms with Crippen LogP contribution in [0.25, 0.3) is 0 Å². The predicted molar refractivity (Wildman–Crippen MR) is 124 cm³/mol. The zero-order valence-electron chi connectivity index (χ0n) is 18.0.